The van der Waals surface area contributed by atoms with E-state index in [-0.39, 0.29) is 5.75 Å². The molecule has 0 amide bonds. The largest absolute Gasteiger partial charge is 0.330 e. The maximum absolute atomic E-state index is 11.7. The molecule has 2 rings (SSSR count). The van der Waals surface area contributed by atoms with E-state index < -0.39 is 10.0 Å². The van der Waals surface area contributed by atoms with Gasteiger partial charge in [0.1, 0.15) is 0 Å². The van der Waals surface area contributed by atoms with Crippen LogP contribution in [0.1, 0.15) is 29.9 Å². The molecule has 0 radical (unpaired) electrons. The van der Waals surface area contributed by atoms with Gasteiger partial charge in [0.2, 0.25) is 10.0 Å². The van der Waals surface area contributed by atoms with Crippen LogP contribution >= 0.6 is 0 Å². The highest BCUT2D eigenvalue weighted by atomic mass is 32.2. The van der Waals surface area contributed by atoms with E-state index in [9.17, 15) is 8.42 Å². The molecule has 4 nitrogen and oxygen atoms in total. The van der Waals surface area contributed by atoms with Gasteiger partial charge in [-0.15, -0.1) is 0 Å². The summed E-state index contributed by atoms with van der Waals surface area (Å²) in [4.78, 5) is 0. The van der Waals surface area contributed by atoms with Crippen LogP contribution in [0.4, 0.5) is 0 Å². The van der Waals surface area contributed by atoms with Gasteiger partial charge < -0.3 is 5.73 Å². The fourth-order valence-corrected chi connectivity index (χ4v) is 3.46. The standard InChI is InChI=1S/C13H20N2O2S/c14-7-3-4-8-18(16,17)15-10-12-9-11-5-1-2-6-13(11)12/h1-2,5-6,12,15H,3-4,7-10,14H2. The van der Waals surface area contributed by atoms with Gasteiger partial charge in [-0.2, -0.15) is 0 Å². The molecule has 0 bridgehead atoms. The summed E-state index contributed by atoms with van der Waals surface area (Å²) in [6.45, 7) is 1.06. The molecule has 100 valence electrons. The zero-order valence-electron chi connectivity index (χ0n) is 10.4. The van der Waals surface area contributed by atoms with Crippen LogP contribution in [0.2, 0.25) is 0 Å². The lowest BCUT2D eigenvalue weighted by molar-refractivity contribution is 0.549. The van der Waals surface area contributed by atoms with E-state index in [1.165, 1.54) is 11.1 Å². The van der Waals surface area contributed by atoms with Crippen molar-refractivity contribution in [1.82, 2.24) is 4.72 Å². The van der Waals surface area contributed by atoms with Gasteiger partial charge in [0.15, 0.2) is 0 Å². The van der Waals surface area contributed by atoms with E-state index in [1.54, 1.807) is 0 Å². The van der Waals surface area contributed by atoms with E-state index >= 15 is 0 Å². The van der Waals surface area contributed by atoms with Crippen LogP contribution in [0, 0.1) is 0 Å². The van der Waals surface area contributed by atoms with Crippen LogP contribution in [-0.2, 0) is 16.4 Å². The number of sulfonamides is 1. The van der Waals surface area contributed by atoms with Gasteiger partial charge in [-0.3, -0.25) is 0 Å². The number of hydrogen-bond donors (Lipinski definition) is 2. The molecule has 1 atom stereocenters. The Hall–Kier alpha value is -0.910. The molecule has 0 spiro atoms. The summed E-state index contributed by atoms with van der Waals surface area (Å²) in [5.41, 5.74) is 7.97. The van der Waals surface area contributed by atoms with Crippen molar-refractivity contribution in [3.63, 3.8) is 0 Å². The van der Waals surface area contributed by atoms with Crippen LogP contribution in [0.15, 0.2) is 24.3 Å². The molecule has 1 aromatic rings. The van der Waals surface area contributed by atoms with Crippen molar-refractivity contribution in [1.29, 1.82) is 0 Å². The van der Waals surface area contributed by atoms with Gasteiger partial charge in [-0.1, -0.05) is 24.3 Å². The van der Waals surface area contributed by atoms with Gasteiger partial charge in [0.25, 0.3) is 0 Å². The Morgan fingerprint density at radius 1 is 1.28 bits per heavy atom. The third-order valence-electron chi connectivity index (χ3n) is 3.38. The molecule has 5 heteroatoms. The van der Waals surface area contributed by atoms with Crippen molar-refractivity contribution in [2.24, 2.45) is 5.73 Å². The summed E-state index contributed by atoms with van der Waals surface area (Å²) in [5.74, 6) is 0.518. The molecule has 0 fully saturated rings. The van der Waals surface area contributed by atoms with E-state index in [0.29, 0.717) is 25.4 Å². The second kappa shape index (κ2) is 5.82. The Morgan fingerprint density at radius 3 is 2.78 bits per heavy atom. The van der Waals surface area contributed by atoms with Gasteiger partial charge >= 0.3 is 0 Å². The third kappa shape index (κ3) is 3.31. The summed E-state index contributed by atoms with van der Waals surface area (Å²) in [6, 6.07) is 8.20. The first-order valence-electron chi connectivity index (χ1n) is 6.37. The molecule has 1 unspecified atom stereocenters. The minimum absolute atomic E-state index is 0.179. The van der Waals surface area contributed by atoms with Gasteiger partial charge in [0, 0.05) is 12.5 Å². The van der Waals surface area contributed by atoms with Gasteiger partial charge in [0.05, 0.1) is 5.75 Å². The number of benzene rings is 1. The SMILES string of the molecule is NCCCCS(=O)(=O)NCC1Cc2ccccc21. The predicted octanol–water partition coefficient (Wildman–Crippen LogP) is 0.985. The minimum Gasteiger partial charge on any atom is -0.330 e. The Labute approximate surface area is 109 Å². The maximum Gasteiger partial charge on any atom is 0.211 e. The van der Waals surface area contributed by atoms with Crippen LogP contribution in [0.3, 0.4) is 0 Å². The molecule has 1 aliphatic rings. The molecular formula is C13H20N2O2S. The molecule has 3 N–H and O–H groups in total. The summed E-state index contributed by atoms with van der Waals surface area (Å²) in [6.07, 6.45) is 2.36. The fourth-order valence-electron chi connectivity index (χ4n) is 2.28. The first-order valence-corrected chi connectivity index (χ1v) is 8.03. The lowest BCUT2D eigenvalue weighted by atomic mass is 9.78. The molecule has 0 aliphatic heterocycles. The Bertz CT molecular complexity index is 499. The predicted molar refractivity (Wildman–Crippen MR) is 73.0 cm³/mol. The minimum atomic E-state index is -3.13. The fraction of sp³-hybridized carbons (Fsp3) is 0.538. The molecule has 18 heavy (non-hydrogen) atoms. The molecule has 0 saturated heterocycles. The Morgan fingerprint density at radius 2 is 2.06 bits per heavy atom. The zero-order chi connectivity index (χ0) is 13.0. The highest BCUT2D eigenvalue weighted by Gasteiger charge is 2.26. The molecule has 1 aromatic carbocycles. The van der Waals surface area contributed by atoms with E-state index in [0.717, 1.165) is 12.8 Å². The van der Waals surface area contributed by atoms with Crippen molar-refractivity contribution >= 4 is 10.0 Å². The summed E-state index contributed by atoms with van der Waals surface area (Å²) < 4.78 is 26.1. The van der Waals surface area contributed by atoms with E-state index in [4.69, 9.17) is 5.73 Å². The number of rotatable bonds is 7. The van der Waals surface area contributed by atoms with Crippen molar-refractivity contribution in [3.05, 3.63) is 35.4 Å². The second-order valence-electron chi connectivity index (χ2n) is 4.76. The van der Waals surface area contributed by atoms with Gasteiger partial charge in [-0.25, -0.2) is 13.1 Å². The Kier molecular flexibility index (Phi) is 4.37. The number of nitrogens with two attached hydrogens (primary N) is 1. The van der Waals surface area contributed by atoms with Crippen LogP contribution < -0.4 is 10.5 Å². The van der Waals surface area contributed by atoms with Crippen LogP contribution in [-0.4, -0.2) is 27.3 Å². The first kappa shape index (κ1) is 13.5. The molecule has 0 aromatic heterocycles. The average Bonchev–Trinajstić information content (AvgIpc) is 2.30. The monoisotopic (exact) mass is 268 g/mol. The smallest absolute Gasteiger partial charge is 0.211 e. The van der Waals surface area contributed by atoms with Gasteiger partial charge in [-0.05, 0) is 36.9 Å². The lowest BCUT2D eigenvalue weighted by Gasteiger charge is -2.30. The summed E-state index contributed by atoms with van der Waals surface area (Å²) in [5, 5.41) is 0. The van der Waals surface area contributed by atoms with E-state index in [1.807, 2.05) is 12.1 Å². The maximum atomic E-state index is 11.7. The highest BCUT2D eigenvalue weighted by Crippen LogP contribution is 2.34. The molecule has 0 heterocycles. The molecular weight excluding hydrogens is 248 g/mol. The summed E-state index contributed by atoms with van der Waals surface area (Å²) in [7, 11) is -3.13. The number of nitrogens with one attached hydrogen (secondary N) is 1. The highest BCUT2D eigenvalue weighted by molar-refractivity contribution is 7.89. The molecule has 0 saturated carbocycles. The van der Waals surface area contributed by atoms with Crippen molar-refractivity contribution in [3.8, 4) is 0 Å². The quantitative estimate of drug-likeness (QED) is 0.724. The summed E-state index contributed by atoms with van der Waals surface area (Å²) >= 11 is 0. The van der Waals surface area contributed by atoms with Crippen LogP contribution in [0.25, 0.3) is 0 Å². The van der Waals surface area contributed by atoms with E-state index in [2.05, 4.69) is 16.9 Å². The zero-order valence-corrected chi connectivity index (χ0v) is 11.2. The average molecular weight is 268 g/mol. The van der Waals surface area contributed by atoms with Crippen molar-refractivity contribution in [2.45, 2.75) is 25.2 Å². The number of fused-ring (bicyclic) bond motifs is 1. The lowest BCUT2D eigenvalue weighted by Crippen LogP contribution is -2.34. The number of hydrogen-bond acceptors (Lipinski definition) is 3. The normalized spacial score (nSPS) is 18.2. The topological polar surface area (TPSA) is 72.2 Å². The van der Waals surface area contributed by atoms with Crippen molar-refractivity contribution < 1.29 is 8.42 Å². The second-order valence-corrected chi connectivity index (χ2v) is 6.69. The third-order valence-corrected chi connectivity index (χ3v) is 4.81. The number of unbranched alkanes of at least 4 members (excludes halogenated alkanes) is 1. The first-order chi connectivity index (χ1) is 8.62. The Balaban J connectivity index is 1.79. The van der Waals surface area contributed by atoms with Crippen LogP contribution in [0.5, 0.6) is 0 Å². The van der Waals surface area contributed by atoms with Crippen molar-refractivity contribution in [2.75, 3.05) is 18.8 Å². The molecule has 1 aliphatic carbocycles.